The Kier molecular flexibility index (Phi) is 7.82. The van der Waals surface area contributed by atoms with Gasteiger partial charge in [-0.15, -0.1) is 0 Å². The maximum atomic E-state index is 13.7. The Balaban J connectivity index is 1.34. The van der Waals surface area contributed by atoms with Gasteiger partial charge in [0.1, 0.15) is 17.8 Å². The minimum absolute atomic E-state index is 0.0542. The number of hydrogen-bond acceptors (Lipinski definition) is 5. The Morgan fingerprint density at radius 1 is 0.975 bits per heavy atom. The fourth-order valence-corrected chi connectivity index (χ4v) is 4.90. The molecule has 3 aromatic carbocycles. The molecule has 40 heavy (non-hydrogen) atoms. The SMILES string of the molecule is Cc1ccc(NC(=O)C(C(C)c2ccccc2)N2C(=O)N[C@H](c3ccc(OCC(=O)N4CCC4)cc3)C2=O)cc1. The monoisotopic (exact) mass is 540 g/mol. The van der Waals surface area contributed by atoms with Crippen molar-refractivity contribution in [3.8, 4) is 5.75 Å². The molecule has 2 saturated heterocycles. The number of nitrogens with zero attached hydrogens (tertiary/aromatic N) is 2. The zero-order valence-electron chi connectivity index (χ0n) is 22.5. The number of carbonyl (C=O) groups is 4. The number of amides is 5. The van der Waals surface area contributed by atoms with E-state index in [0.717, 1.165) is 35.5 Å². The van der Waals surface area contributed by atoms with Crippen LogP contribution in [-0.4, -0.2) is 59.3 Å². The molecule has 0 spiro atoms. The second-order valence-electron chi connectivity index (χ2n) is 10.2. The molecular weight excluding hydrogens is 508 g/mol. The van der Waals surface area contributed by atoms with Crippen molar-refractivity contribution in [1.29, 1.82) is 0 Å². The van der Waals surface area contributed by atoms with Crippen LogP contribution in [0.25, 0.3) is 0 Å². The van der Waals surface area contributed by atoms with Crippen molar-refractivity contribution in [2.75, 3.05) is 25.0 Å². The van der Waals surface area contributed by atoms with Gasteiger partial charge in [0.2, 0.25) is 5.91 Å². The number of benzene rings is 3. The van der Waals surface area contributed by atoms with Crippen molar-refractivity contribution in [2.24, 2.45) is 0 Å². The molecule has 2 aliphatic heterocycles. The summed E-state index contributed by atoms with van der Waals surface area (Å²) in [5, 5.41) is 5.62. The first kappa shape index (κ1) is 26.9. The minimum Gasteiger partial charge on any atom is -0.484 e. The van der Waals surface area contributed by atoms with Crippen LogP contribution < -0.4 is 15.4 Å². The molecule has 5 rings (SSSR count). The fraction of sp³-hybridized carbons (Fsp3) is 0.290. The summed E-state index contributed by atoms with van der Waals surface area (Å²) >= 11 is 0. The Bertz CT molecular complexity index is 1390. The number of hydrogen-bond donors (Lipinski definition) is 2. The molecule has 0 aliphatic carbocycles. The normalized spacial score (nSPS) is 18.0. The van der Waals surface area contributed by atoms with Gasteiger partial charge in [0, 0.05) is 24.7 Å². The lowest BCUT2D eigenvalue weighted by molar-refractivity contribution is -0.136. The summed E-state index contributed by atoms with van der Waals surface area (Å²) in [5.41, 5.74) is 2.99. The van der Waals surface area contributed by atoms with Gasteiger partial charge in [0.25, 0.3) is 11.8 Å². The third kappa shape index (κ3) is 5.68. The van der Waals surface area contributed by atoms with Crippen LogP contribution in [0.4, 0.5) is 10.5 Å². The molecule has 0 radical (unpaired) electrons. The summed E-state index contributed by atoms with van der Waals surface area (Å²) in [4.78, 5) is 55.4. The van der Waals surface area contributed by atoms with E-state index in [4.69, 9.17) is 4.74 Å². The maximum absolute atomic E-state index is 13.7. The van der Waals surface area contributed by atoms with Crippen LogP contribution >= 0.6 is 0 Å². The highest BCUT2D eigenvalue weighted by Gasteiger charge is 2.47. The van der Waals surface area contributed by atoms with E-state index >= 15 is 0 Å². The van der Waals surface area contributed by atoms with Crippen molar-refractivity contribution < 1.29 is 23.9 Å². The average Bonchev–Trinajstić information content (AvgIpc) is 3.22. The second kappa shape index (κ2) is 11.6. The molecule has 2 heterocycles. The molecule has 9 heteroatoms. The van der Waals surface area contributed by atoms with Gasteiger partial charge in [0.05, 0.1) is 0 Å². The van der Waals surface area contributed by atoms with E-state index in [1.165, 1.54) is 0 Å². The first-order chi connectivity index (χ1) is 19.3. The van der Waals surface area contributed by atoms with E-state index < -0.39 is 35.8 Å². The number of likely N-dealkylation sites (tertiary alicyclic amines) is 1. The van der Waals surface area contributed by atoms with Crippen molar-refractivity contribution in [3.63, 3.8) is 0 Å². The second-order valence-corrected chi connectivity index (χ2v) is 10.2. The van der Waals surface area contributed by atoms with Gasteiger partial charge in [0.15, 0.2) is 6.61 Å². The molecule has 3 aromatic rings. The molecule has 9 nitrogen and oxygen atoms in total. The molecule has 2 aliphatic rings. The summed E-state index contributed by atoms with van der Waals surface area (Å²) < 4.78 is 5.60. The van der Waals surface area contributed by atoms with Gasteiger partial charge < -0.3 is 20.3 Å². The lowest BCUT2D eigenvalue weighted by atomic mass is 9.91. The number of anilines is 1. The van der Waals surface area contributed by atoms with Crippen LogP contribution in [0.5, 0.6) is 5.75 Å². The van der Waals surface area contributed by atoms with Crippen molar-refractivity contribution >= 4 is 29.4 Å². The zero-order valence-corrected chi connectivity index (χ0v) is 22.5. The fourth-order valence-electron chi connectivity index (χ4n) is 4.90. The summed E-state index contributed by atoms with van der Waals surface area (Å²) in [7, 11) is 0. The van der Waals surface area contributed by atoms with Crippen LogP contribution in [0.3, 0.4) is 0 Å². The van der Waals surface area contributed by atoms with Crippen molar-refractivity contribution in [2.45, 2.75) is 38.3 Å². The average molecular weight is 541 g/mol. The van der Waals surface area contributed by atoms with E-state index in [-0.39, 0.29) is 12.5 Å². The Morgan fingerprint density at radius 2 is 1.65 bits per heavy atom. The van der Waals surface area contributed by atoms with E-state index in [1.54, 1.807) is 41.3 Å². The topological polar surface area (TPSA) is 108 Å². The Labute approximate surface area is 233 Å². The molecule has 5 amide bonds. The van der Waals surface area contributed by atoms with Crippen LogP contribution in [0.2, 0.25) is 0 Å². The van der Waals surface area contributed by atoms with Crippen LogP contribution in [0.1, 0.15) is 42.0 Å². The highest BCUT2D eigenvalue weighted by Crippen LogP contribution is 2.31. The van der Waals surface area contributed by atoms with Crippen molar-refractivity contribution in [1.82, 2.24) is 15.1 Å². The van der Waals surface area contributed by atoms with Gasteiger partial charge in [-0.1, -0.05) is 67.1 Å². The highest BCUT2D eigenvalue weighted by molar-refractivity contribution is 6.10. The maximum Gasteiger partial charge on any atom is 0.325 e. The number of imide groups is 1. The van der Waals surface area contributed by atoms with Gasteiger partial charge in [-0.05, 0) is 48.7 Å². The summed E-state index contributed by atoms with van der Waals surface area (Å²) in [6, 6.07) is 20.7. The van der Waals surface area contributed by atoms with E-state index in [0.29, 0.717) is 17.0 Å². The number of ether oxygens (including phenoxy) is 1. The van der Waals surface area contributed by atoms with Gasteiger partial charge in [-0.2, -0.15) is 0 Å². The molecule has 2 unspecified atom stereocenters. The number of carbonyl (C=O) groups excluding carboxylic acids is 4. The molecule has 0 saturated carbocycles. The Hall–Kier alpha value is -4.66. The summed E-state index contributed by atoms with van der Waals surface area (Å²) in [6.07, 6.45) is 1.01. The largest absolute Gasteiger partial charge is 0.484 e. The third-order valence-electron chi connectivity index (χ3n) is 7.42. The van der Waals surface area contributed by atoms with Gasteiger partial charge >= 0.3 is 6.03 Å². The molecular formula is C31H32N4O5. The third-order valence-corrected chi connectivity index (χ3v) is 7.42. The lowest BCUT2D eigenvalue weighted by Gasteiger charge is -2.30. The quantitative estimate of drug-likeness (QED) is 0.399. The standard InChI is InChI=1S/C31H32N4O5/c1-20-9-13-24(14-10-20)32-29(37)28(21(2)22-7-4-3-5-8-22)35-30(38)27(33-31(35)39)23-11-15-25(16-12-23)40-19-26(36)34-17-6-18-34/h3-5,7-16,21,27-28H,6,17-19H2,1-2H3,(H,32,37)(H,33,39)/t21?,27-,28?/m1/s1. The first-order valence-corrected chi connectivity index (χ1v) is 13.4. The smallest absolute Gasteiger partial charge is 0.325 e. The molecule has 0 bridgehead atoms. The van der Waals surface area contributed by atoms with E-state index in [9.17, 15) is 19.2 Å². The zero-order chi connectivity index (χ0) is 28.2. The van der Waals surface area contributed by atoms with Crippen LogP contribution in [0.15, 0.2) is 78.9 Å². The number of aryl methyl sites for hydroxylation is 1. The van der Waals surface area contributed by atoms with E-state index in [2.05, 4.69) is 10.6 Å². The summed E-state index contributed by atoms with van der Waals surface area (Å²) in [6.45, 7) is 5.24. The highest BCUT2D eigenvalue weighted by atomic mass is 16.5. The predicted octanol–water partition coefficient (Wildman–Crippen LogP) is 4.01. The minimum atomic E-state index is -1.09. The molecule has 2 fully saturated rings. The van der Waals surface area contributed by atoms with Crippen LogP contribution in [0, 0.1) is 6.92 Å². The predicted molar refractivity (Wildman–Crippen MR) is 150 cm³/mol. The molecule has 2 N–H and O–H groups in total. The molecule has 3 atom stereocenters. The summed E-state index contributed by atoms with van der Waals surface area (Å²) in [5.74, 6) is -1.02. The number of nitrogens with one attached hydrogen (secondary N) is 2. The molecule has 0 aromatic heterocycles. The van der Waals surface area contributed by atoms with E-state index in [1.807, 2.05) is 56.3 Å². The van der Waals surface area contributed by atoms with Crippen molar-refractivity contribution in [3.05, 3.63) is 95.6 Å². The van der Waals surface area contributed by atoms with Gasteiger partial charge in [-0.25, -0.2) is 9.69 Å². The van der Waals surface area contributed by atoms with Crippen LogP contribution in [-0.2, 0) is 14.4 Å². The number of urea groups is 1. The lowest BCUT2D eigenvalue weighted by Crippen LogP contribution is -2.50. The van der Waals surface area contributed by atoms with Gasteiger partial charge in [-0.3, -0.25) is 14.4 Å². The first-order valence-electron chi connectivity index (χ1n) is 13.4. The molecule has 206 valence electrons. The Morgan fingerprint density at radius 3 is 2.27 bits per heavy atom. The number of rotatable bonds is 9.